The van der Waals surface area contributed by atoms with Gasteiger partial charge in [-0.05, 0) is 53.0 Å². The number of halogens is 1. The van der Waals surface area contributed by atoms with E-state index in [2.05, 4.69) is 27.8 Å². The molecule has 0 saturated heterocycles. The fraction of sp³-hybridized carbons (Fsp3) is 0.467. The van der Waals surface area contributed by atoms with E-state index in [1.54, 1.807) is 13.2 Å². The van der Waals surface area contributed by atoms with Crippen molar-refractivity contribution in [1.82, 2.24) is 5.32 Å². The summed E-state index contributed by atoms with van der Waals surface area (Å²) in [6, 6.07) is 3.97. The average Bonchev–Trinajstić information content (AvgIpc) is 2.45. The van der Waals surface area contributed by atoms with E-state index in [4.69, 9.17) is 14.6 Å². The number of hydrogen-bond acceptors (Lipinski definition) is 4. The number of rotatable bonds is 10. The Bertz CT molecular complexity index is 424. The van der Waals surface area contributed by atoms with E-state index in [1.807, 2.05) is 12.1 Å². The Morgan fingerprint density at radius 2 is 2.20 bits per heavy atom. The summed E-state index contributed by atoms with van der Waals surface area (Å²) in [5.74, 6) is 1.39. The molecule has 0 amide bonds. The van der Waals surface area contributed by atoms with Crippen molar-refractivity contribution in [3.8, 4) is 11.5 Å². The number of benzene rings is 1. The first kappa shape index (κ1) is 17.0. The van der Waals surface area contributed by atoms with Gasteiger partial charge in [-0.25, -0.2) is 0 Å². The summed E-state index contributed by atoms with van der Waals surface area (Å²) in [7, 11) is 1.63. The van der Waals surface area contributed by atoms with Crippen LogP contribution < -0.4 is 14.8 Å². The van der Waals surface area contributed by atoms with Gasteiger partial charge in [-0.2, -0.15) is 0 Å². The predicted octanol–water partition coefficient (Wildman–Crippen LogP) is 2.88. The Labute approximate surface area is 128 Å². The molecule has 0 radical (unpaired) electrons. The van der Waals surface area contributed by atoms with Gasteiger partial charge in [0.2, 0.25) is 0 Å². The number of ether oxygens (including phenoxy) is 2. The largest absolute Gasteiger partial charge is 0.493 e. The van der Waals surface area contributed by atoms with Crippen LogP contribution >= 0.6 is 15.9 Å². The summed E-state index contributed by atoms with van der Waals surface area (Å²) < 4.78 is 11.8. The zero-order valence-electron chi connectivity index (χ0n) is 11.8. The second kappa shape index (κ2) is 9.80. The third-order valence-electron chi connectivity index (χ3n) is 2.73. The van der Waals surface area contributed by atoms with Crippen LogP contribution in [0.2, 0.25) is 0 Å². The SMILES string of the molecule is C=CCOc1c(Br)cc(CNCCCCO)cc1OC. The van der Waals surface area contributed by atoms with E-state index in [0.717, 1.165) is 36.0 Å². The maximum Gasteiger partial charge on any atom is 0.175 e. The molecule has 0 saturated carbocycles. The van der Waals surface area contributed by atoms with Crippen LogP contribution in [0, 0.1) is 0 Å². The van der Waals surface area contributed by atoms with Crippen LogP contribution in [0.15, 0.2) is 29.3 Å². The third-order valence-corrected chi connectivity index (χ3v) is 3.31. The Kier molecular flexibility index (Phi) is 8.34. The summed E-state index contributed by atoms with van der Waals surface area (Å²) in [5, 5.41) is 12.1. The summed E-state index contributed by atoms with van der Waals surface area (Å²) in [6.45, 7) is 5.96. The number of aliphatic hydroxyl groups is 1. The van der Waals surface area contributed by atoms with Gasteiger partial charge in [-0.3, -0.25) is 0 Å². The maximum atomic E-state index is 8.72. The lowest BCUT2D eigenvalue weighted by atomic mass is 10.2. The van der Waals surface area contributed by atoms with E-state index in [-0.39, 0.29) is 6.61 Å². The fourth-order valence-electron chi connectivity index (χ4n) is 1.75. The van der Waals surface area contributed by atoms with Crippen molar-refractivity contribution >= 4 is 15.9 Å². The molecular formula is C15H22BrNO3. The Balaban J connectivity index is 2.64. The molecule has 1 rings (SSSR count). The standard InChI is InChI=1S/C15H22BrNO3/c1-3-8-20-15-13(16)9-12(10-14(15)19-2)11-17-6-4-5-7-18/h3,9-10,17-18H,1,4-8,11H2,2H3. The quantitative estimate of drug-likeness (QED) is 0.506. The van der Waals surface area contributed by atoms with Crippen LogP contribution in [0.4, 0.5) is 0 Å². The van der Waals surface area contributed by atoms with Gasteiger partial charge in [0.05, 0.1) is 11.6 Å². The Hall–Kier alpha value is -1.04. The van der Waals surface area contributed by atoms with Crippen LogP contribution in [-0.2, 0) is 6.54 Å². The lowest BCUT2D eigenvalue weighted by Crippen LogP contribution is -2.15. The molecule has 1 aromatic rings. The minimum Gasteiger partial charge on any atom is -0.493 e. The molecule has 20 heavy (non-hydrogen) atoms. The van der Waals surface area contributed by atoms with Crippen molar-refractivity contribution < 1.29 is 14.6 Å². The molecule has 0 heterocycles. The van der Waals surface area contributed by atoms with Crippen LogP contribution in [0.1, 0.15) is 18.4 Å². The lowest BCUT2D eigenvalue weighted by molar-refractivity contribution is 0.283. The van der Waals surface area contributed by atoms with E-state index in [0.29, 0.717) is 18.1 Å². The molecule has 5 heteroatoms. The first-order valence-electron chi connectivity index (χ1n) is 6.64. The summed E-state index contributed by atoms with van der Waals surface area (Å²) in [6.07, 6.45) is 3.49. The molecule has 0 bridgehead atoms. The van der Waals surface area contributed by atoms with Crippen LogP contribution in [-0.4, -0.2) is 32.0 Å². The van der Waals surface area contributed by atoms with Gasteiger partial charge in [-0.15, -0.1) is 0 Å². The van der Waals surface area contributed by atoms with Crippen molar-refractivity contribution in [1.29, 1.82) is 0 Å². The van der Waals surface area contributed by atoms with Gasteiger partial charge in [0.25, 0.3) is 0 Å². The zero-order valence-corrected chi connectivity index (χ0v) is 13.4. The maximum absolute atomic E-state index is 8.72. The molecule has 0 spiro atoms. The molecule has 0 fully saturated rings. The highest BCUT2D eigenvalue weighted by molar-refractivity contribution is 9.10. The highest BCUT2D eigenvalue weighted by atomic mass is 79.9. The smallest absolute Gasteiger partial charge is 0.175 e. The van der Waals surface area contributed by atoms with Gasteiger partial charge in [0.15, 0.2) is 11.5 Å². The van der Waals surface area contributed by atoms with E-state index in [1.165, 1.54) is 0 Å². The van der Waals surface area contributed by atoms with Crippen LogP contribution in [0.25, 0.3) is 0 Å². The number of methoxy groups -OCH3 is 1. The van der Waals surface area contributed by atoms with Gasteiger partial charge in [0.1, 0.15) is 6.61 Å². The van der Waals surface area contributed by atoms with Crippen molar-refractivity contribution in [3.63, 3.8) is 0 Å². The summed E-state index contributed by atoms with van der Waals surface area (Å²) >= 11 is 3.50. The predicted molar refractivity (Wildman–Crippen MR) is 84.4 cm³/mol. The number of hydrogen-bond donors (Lipinski definition) is 2. The topological polar surface area (TPSA) is 50.7 Å². The zero-order chi connectivity index (χ0) is 14.8. The minimum absolute atomic E-state index is 0.246. The number of nitrogens with one attached hydrogen (secondary N) is 1. The lowest BCUT2D eigenvalue weighted by Gasteiger charge is -2.14. The molecule has 0 aliphatic heterocycles. The van der Waals surface area contributed by atoms with Crippen molar-refractivity contribution in [2.45, 2.75) is 19.4 Å². The normalized spacial score (nSPS) is 10.3. The number of unbranched alkanes of at least 4 members (excludes halogenated alkanes) is 1. The van der Waals surface area contributed by atoms with Crippen molar-refractivity contribution in [2.75, 3.05) is 26.9 Å². The van der Waals surface area contributed by atoms with Crippen LogP contribution in [0.5, 0.6) is 11.5 Å². The molecule has 0 aromatic heterocycles. The molecule has 2 N–H and O–H groups in total. The molecule has 0 aliphatic rings. The first-order chi connectivity index (χ1) is 9.72. The van der Waals surface area contributed by atoms with E-state index >= 15 is 0 Å². The van der Waals surface area contributed by atoms with E-state index in [9.17, 15) is 0 Å². The molecule has 0 unspecified atom stereocenters. The first-order valence-corrected chi connectivity index (χ1v) is 7.44. The van der Waals surface area contributed by atoms with E-state index < -0.39 is 0 Å². The van der Waals surface area contributed by atoms with Gasteiger partial charge in [-0.1, -0.05) is 12.7 Å². The highest BCUT2D eigenvalue weighted by Crippen LogP contribution is 2.36. The molecule has 4 nitrogen and oxygen atoms in total. The monoisotopic (exact) mass is 343 g/mol. The minimum atomic E-state index is 0.246. The van der Waals surface area contributed by atoms with Gasteiger partial charge >= 0.3 is 0 Å². The van der Waals surface area contributed by atoms with Crippen LogP contribution in [0.3, 0.4) is 0 Å². The van der Waals surface area contributed by atoms with Crippen molar-refractivity contribution in [3.05, 3.63) is 34.8 Å². The summed E-state index contributed by atoms with van der Waals surface area (Å²) in [5.41, 5.74) is 1.11. The molecule has 0 aliphatic carbocycles. The second-order valence-electron chi connectivity index (χ2n) is 4.32. The highest BCUT2D eigenvalue weighted by Gasteiger charge is 2.11. The Morgan fingerprint density at radius 3 is 2.85 bits per heavy atom. The van der Waals surface area contributed by atoms with Gasteiger partial charge < -0.3 is 19.9 Å². The van der Waals surface area contributed by atoms with Gasteiger partial charge in [0, 0.05) is 13.2 Å². The molecule has 0 atom stereocenters. The van der Waals surface area contributed by atoms with Crippen molar-refractivity contribution in [2.24, 2.45) is 0 Å². The Morgan fingerprint density at radius 1 is 1.40 bits per heavy atom. The fourth-order valence-corrected chi connectivity index (χ4v) is 2.36. The molecule has 1 aromatic carbocycles. The molecule has 112 valence electrons. The average molecular weight is 344 g/mol. The number of aliphatic hydroxyl groups excluding tert-OH is 1. The summed E-state index contributed by atoms with van der Waals surface area (Å²) in [4.78, 5) is 0. The molecular weight excluding hydrogens is 322 g/mol. The second-order valence-corrected chi connectivity index (χ2v) is 5.17. The third kappa shape index (κ3) is 5.53.